The van der Waals surface area contributed by atoms with Gasteiger partial charge in [0.1, 0.15) is 0 Å². The minimum absolute atomic E-state index is 0.197. The van der Waals surface area contributed by atoms with Crippen LogP contribution in [0.15, 0.2) is 117 Å². The van der Waals surface area contributed by atoms with Gasteiger partial charge in [0.2, 0.25) is 0 Å². The van der Waals surface area contributed by atoms with Crippen molar-refractivity contribution in [2.75, 3.05) is 7.11 Å². The third-order valence-electron chi connectivity index (χ3n) is 7.45. The smallest absolute Gasteiger partial charge is 0.338 e. The molecule has 6 nitrogen and oxygen atoms in total. The number of thiazole rings is 1. The van der Waals surface area contributed by atoms with Crippen LogP contribution >= 0.6 is 23.1 Å². The number of hydrogen-bond donors (Lipinski definition) is 0. The zero-order valence-electron chi connectivity index (χ0n) is 23.6. The van der Waals surface area contributed by atoms with Crippen molar-refractivity contribution >= 4 is 45.9 Å². The number of ether oxygens (including phenoxy) is 1. The van der Waals surface area contributed by atoms with E-state index in [0.717, 1.165) is 38.1 Å². The summed E-state index contributed by atoms with van der Waals surface area (Å²) in [7, 11) is 1.35. The first kappa shape index (κ1) is 28.4. The highest BCUT2D eigenvalue weighted by molar-refractivity contribution is 7.98. The molecule has 1 aliphatic rings. The zero-order chi connectivity index (χ0) is 29.9. The molecule has 6 rings (SSSR count). The van der Waals surface area contributed by atoms with Gasteiger partial charge in [-0.1, -0.05) is 91.1 Å². The molecule has 43 heavy (non-hydrogen) atoms. The molecule has 0 radical (unpaired) electrons. The van der Waals surface area contributed by atoms with Crippen LogP contribution in [0.4, 0.5) is 0 Å². The minimum atomic E-state index is -0.625. The van der Waals surface area contributed by atoms with E-state index >= 15 is 0 Å². The highest BCUT2D eigenvalue weighted by Gasteiger charge is 2.33. The molecule has 8 heteroatoms. The second kappa shape index (κ2) is 12.3. The average molecular weight is 602 g/mol. The number of carbonyl (C=O) groups is 1. The van der Waals surface area contributed by atoms with Gasteiger partial charge in [-0.25, -0.2) is 9.79 Å². The van der Waals surface area contributed by atoms with Crippen LogP contribution in [-0.4, -0.2) is 17.6 Å². The van der Waals surface area contributed by atoms with Crippen LogP contribution in [0.2, 0.25) is 0 Å². The Hall–Kier alpha value is -4.71. The van der Waals surface area contributed by atoms with Gasteiger partial charge in [-0.05, 0) is 58.2 Å². The Bertz CT molecular complexity index is 2100. The van der Waals surface area contributed by atoms with Crippen molar-refractivity contribution in [2.24, 2.45) is 4.99 Å². The fourth-order valence-electron chi connectivity index (χ4n) is 5.34. The average Bonchev–Trinajstić information content (AvgIpc) is 3.37. The van der Waals surface area contributed by atoms with Gasteiger partial charge >= 0.3 is 5.97 Å². The van der Waals surface area contributed by atoms with Crippen molar-refractivity contribution in [1.29, 1.82) is 5.26 Å². The van der Waals surface area contributed by atoms with E-state index in [4.69, 9.17) is 15.0 Å². The third-order valence-corrected chi connectivity index (χ3v) is 9.57. The summed E-state index contributed by atoms with van der Waals surface area (Å²) in [5.41, 5.74) is 4.37. The van der Waals surface area contributed by atoms with Crippen LogP contribution in [0.1, 0.15) is 41.6 Å². The maximum Gasteiger partial charge on any atom is 0.338 e. The molecule has 0 unspecified atom stereocenters. The number of allylic oxidation sites excluding steroid dienone is 1. The summed E-state index contributed by atoms with van der Waals surface area (Å²) in [6.45, 7) is 1.95. The lowest BCUT2D eigenvalue weighted by molar-refractivity contribution is -0.136. The Morgan fingerprint density at radius 2 is 1.74 bits per heavy atom. The molecule has 0 aliphatic carbocycles. The fraction of sp³-hybridized carbons (Fsp3) is 0.143. The lowest BCUT2D eigenvalue weighted by atomic mass is 9.95. The Morgan fingerprint density at radius 3 is 2.44 bits per heavy atom. The predicted octanol–water partition coefficient (Wildman–Crippen LogP) is 6.12. The topological polar surface area (TPSA) is 84.5 Å². The number of benzene rings is 4. The number of nitrogens with zero attached hydrogens (tertiary/aromatic N) is 3. The van der Waals surface area contributed by atoms with Gasteiger partial charge in [0.05, 0.1) is 40.6 Å². The molecule has 0 fully saturated rings. The molecule has 212 valence electrons. The highest BCUT2D eigenvalue weighted by Crippen LogP contribution is 2.34. The second-order valence-electron chi connectivity index (χ2n) is 9.99. The normalized spacial score (nSPS) is 14.7. The molecule has 4 aromatic carbocycles. The summed E-state index contributed by atoms with van der Waals surface area (Å²) in [6.07, 6.45) is 2.46. The van der Waals surface area contributed by atoms with Gasteiger partial charge in [-0.2, -0.15) is 5.26 Å². The molecule has 1 aliphatic heterocycles. The summed E-state index contributed by atoms with van der Waals surface area (Å²) in [5.74, 6) is 0.291. The molecule has 1 atom stereocenters. The van der Waals surface area contributed by atoms with E-state index < -0.39 is 12.0 Å². The Balaban J connectivity index is 1.44. The van der Waals surface area contributed by atoms with E-state index in [0.29, 0.717) is 32.6 Å². The van der Waals surface area contributed by atoms with Crippen molar-refractivity contribution in [3.8, 4) is 6.07 Å². The maximum absolute atomic E-state index is 14.0. The van der Waals surface area contributed by atoms with E-state index in [9.17, 15) is 9.59 Å². The second-order valence-corrected chi connectivity index (χ2v) is 12.0. The van der Waals surface area contributed by atoms with Crippen molar-refractivity contribution < 1.29 is 9.53 Å². The number of rotatable bonds is 7. The van der Waals surface area contributed by atoms with Gasteiger partial charge in [-0.3, -0.25) is 9.36 Å². The molecule has 0 spiro atoms. The fourth-order valence-corrected chi connectivity index (χ4v) is 7.36. The predicted molar refractivity (Wildman–Crippen MR) is 172 cm³/mol. The monoisotopic (exact) mass is 601 g/mol. The van der Waals surface area contributed by atoms with E-state index in [1.54, 1.807) is 16.3 Å². The standard InChI is InChI=1S/C35H27N3O3S2/c1-3-28-31(34(40)41-2)32(24-9-5-4-6-10-24)38-33(39)30(43-35(38)37-28)19-25-17-18-29(27-12-8-7-11-26(25)27)42-21-23-15-13-22(20-36)14-16-23/h4-19,32H,3,21H2,1-2H3/b30-19-/t32-/m1/s1. The molecular weight excluding hydrogens is 575 g/mol. The summed E-state index contributed by atoms with van der Waals surface area (Å²) < 4.78 is 7.33. The molecule has 2 heterocycles. The molecule has 0 bridgehead atoms. The summed E-state index contributed by atoms with van der Waals surface area (Å²) in [6, 6.07) is 31.1. The van der Waals surface area contributed by atoms with Gasteiger partial charge in [0, 0.05) is 10.6 Å². The molecule has 5 aromatic rings. The summed E-state index contributed by atoms with van der Waals surface area (Å²) >= 11 is 3.07. The maximum atomic E-state index is 14.0. The largest absolute Gasteiger partial charge is 0.466 e. The van der Waals surface area contributed by atoms with Crippen LogP contribution in [0.3, 0.4) is 0 Å². The van der Waals surface area contributed by atoms with Crippen LogP contribution in [0, 0.1) is 11.3 Å². The molecule has 1 aromatic heterocycles. The van der Waals surface area contributed by atoms with Crippen molar-refractivity contribution in [3.63, 3.8) is 0 Å². The minimum Gasteiger partial charge on any atom is -0.466 e. The lowest BCUT2D eigenvalue weighted by Crippen LogP contribution is -2.40. The van der Waals surface area contributed by atoms with E-state index in [2.05, 4.69) is 24.3 Å². The number of nitriles is 1. The van der Waals surface area contributed by atoms with Gasteiger partial charge in [-0.15, -0.1) is 11.8 Å². The van der Waals surface area contributed by atoms with Crippen molar-refractivity contribution in [2.45, 2.75) is 30.0 Å². The number of aromatic nitrogens is 1. The first-order valence-corrected chi connectivity index (χ1v) is 15.6. The van der Waals surface area contributed by atoms with Crippen LogP contribution < -0.4 is 14.9 Å². The Labute approximate surface area is 256 Å². The van der Waals surface area contributed by atoms with E-state index in [1.807, 2.05) is 85.8 Å². The Kier molecular flexibility index (Phi) is 8.10. The highest BCUT2D eigenvalue weighted by atomic mass is 32.2. The molecule has 0 amide bonds. The van der Waals surface area contributed by atoms with Crippen LogP contribution in [0.25, 0.3) is 16.8 Å². The van der Waals surface area contributed by atoms with Crippen molar-refractivity contribution in [1.82, 2.24) is 4.57 Å². The number of carbonyl (C=O) groups excluding carboxylic acids is 1. The third kappa shape index (κ3) is 5.45. The van der Waals surface area contributed by atoms with Crippen molar-refractivity contribution in [3.05, 3.63) is 144 Å². The Morgan fingerprint density at radius 1 is 1.02 bits per heavy atom. The van der Waals surface area contributed by atoms with Gasteiger partial charge in [0.25, 0.3) is 5.56 Å². The number of fused-ring (bicyclic) bond motifs is 2. The van der Waals surface area contributed by atoms with E-state index in [-0.39, 0.29) is 5.56 Å². The summed E-state index contributed by atoms with van der Waals surface area (Å²) in [5, 5.41) is 11.2. The quantitative estimate of drug-likeness (QED) is 0.166. The van der Waals surface area contributed by atoms with Gasteiger partial charge in [0.15, 0.2) is 4.80 Å². The first-order chi connectivity index (χ1) is 21.0. The molecule has 0 N–H and O–H groups in total. The molecule has 0 saturated carbocycles. The lowest BCUT2D eigenvalue weighted by Gasteiger charge is -2.25. The first-order valence-electron chi connectivity index (χ1n) is 13.8. The number of esters is 1. The SMILES string of the molecule is CCC1=C(C(=O)OC)[C@@H](c2ccccc2)n2c(s/c(=C\c3ccc(SCc4ccc(C#N)cc4)c4ccccc34)c2=O)=N1. The number of hydrogen-bond acceptors (Lipinski definition) is 7. The molecular formula is C35H27N3O3S2. The number of methoxy groups -OCH3 is 1. The van der Waals surface area contributed by atoms with Crippen LogP contribution in [-0.2, 0) is 15.3 Å². The molecule has 0 saturated heterocycles. The number of thioether (sulfide) groups is 1. The van der Waals surface area contributed by atoms with Gasteiger partial charge < -0.3 is 4.74 Å². The zero-order valence-corrected chi connectivity index (χ0v) is 25.2. The van der Waals surface area contributed by atoms with Crippen LogP contribution in [0.5, 0.6) is 0 Å². The van der Waals surface area contributed by atoms with E-state index in [1.165, 1.54) is 18.4 Å². The summed E-state index contributed by atoms with van der Waals surface area (Å²) in [4.78, 5) is 33.5.